The van der Waals surface area contributed by atoms with E-state index in [1.807, 2.05) is 6.07 Å². The normalized spacial score (nSPS) is 22.6. The number of hydrogen-bond acceptors (Lipinski definition) is 4. The zero-order valence-electron chi connectivity index (χ0n) is 12.7. The van der Waals surface area contributed by atoms with Crippen molar-refractivity contribution in [3.05, 3.63) is 29.3 Å². The Labute approximate surface area is 132 Å². The minimum absolute atomic E-state index is 0.267. The number of nitriles is 1. The highest BCUT2D eigenvalue weighted by Gasteiger charge is 2.34. The van der Waals surface area contributed by atoms with Crippen LogP contribution >= 0.6 is 0 Å². The molecule has 1 saturated heterocycles. The Kier molecular flexibility index (Phi) is 4.22. The van der Waals surface area contributed by atoms with Gasteiger partial charge in [0.25, 0.3) is 0 Å². The summed E-state index contributed by atoms with van der Waals surface area (Å²) in [5, 5.41) is 8.86. The first-order valence-corrected chi connectivity index (χ1v) is 9.22. The first kappa shape index (κ1) is 15.5. The zero-order chi connectivity index (χ0) is 15.7. The van der Waals surface area contributed by atoms with Crippen molar-refractivity contribution in [2.24, 2.45) is 5.92 Å². The summed E-state index contributed by atoms with van der Waals surface area (Å²) in [4.78, 5) is 2.75. The van der Waals surface area contributed by atoms with Gasteiger partial charge in [-0.05, 0) is 62.4 Å². The van der Waals surface area contributed by atoms with Crippen LogP contribution in [-0.2, 0) is 10.0 Å². The molecule has 6 heteroatoms. The molecule has 22 heavy (non-hydrogen) atoms. The molecule has 1 aromatic carbocycles. The number of nitrogens with zero attached hydrogens (tertiary/aromatic N) is 2. The Morgan fingerprint density at radius 3 is 2.77 bits per heavy atom. The summed E-state index contributed by atoms with van der Waals surface area (Å²) >= 11 is 0. The molecule has 1 N–H and O–H groups in total. The second kappa shape index (κ2) is 5.99. The number of benzene rings is 1. The predicted octanol–water partition coefficient (Wildman–Crippen LogP) is 1.63. The first-order valence-electron chi connectivity index (χ1n) is 7.74. The van der Waals surface area contributed by atoms with E-state index in [4.69, 9.17) is 5.26 Å². The highest BCUT2D eigenvalue weighted by Crippen LogP contribution is 2.31. The van der Waals surface area contributed by atoms with Crippen LogP contribution in [0.2, 0.25) is 0 Å². The maximum absolute atomic E-state index is 12.4. The molecule has 0 radical (unpaired) electrons. The molecule has 1 atom stereocenters. The van der Waals surface area contributed by atoms with Gasteiger partial charge in [-0.3, -0.25) is 0 Å². The molecule has 2 fully saturated rings. The van der Waals surface area contributed by atoms with Gasteiger partial charge >= 0.3 is 0 Å². The molecule has 3 rings (SSSR count). The van der Waals surface area contributed by atoms with Crippen LogP contribution in [0.25, 0.3) is 0 Å². The van der Waals surface area contributed by atoms with Gasteiger partial charge in [-0.25, -0.2) is 13.1 Å². The van der Waals surface area contributed by atoms with Crippen molar-refractivity contribution >= 4 is 10.0 Å². The number of likely N-dealkylation sites (tertiary alicyclic amines) is 1. The van der Waals surface area contributed by atoms with E-state index in [1.165, 1.54) is 18.9 Å². The SMILES string of the molecule is Cc1cc(C#N)ccc1S(=O)(=O)NC[C@@H]1CCN(C2CC2)C1. The summed E-state index contributed by atoms with van der Waals surface area (Å²) in [7, 11) is -3.50. The number of sulfonamides is 1. The van der Waals surface area contributed by atoms with Gasteiger partial charge in [-0.2, -0.15) is 5.26 Å². The van der Waals surface area contributed by atoms with Gasteiger partial charge in [-0.15, -0.1) is 0 Å². The molecule has 0 bridgehead atoms. The monoisotopic (exact) mass is 319 g/mol. The number of aryl methyl sites for hydroxylation is 1. The van der Waals surface area contributed by atoms with Crippen LogP contribution in [0.1, 0.15) is 30.4 Å². The van der Waals surface area contributed by atoms with E-state index in [9.17, 15) is 8.42 Å². The third kappa shape index (κ3) is 3.32. The molecule has 118 valence electrons. The van der Waals surface area contributed by atoms with Gasteiger partial charge in [0.15, 0.2) is 0 Å². The standard InChI is InChI=1S/C16H21N3O2S/c1-12-8-13(9-17)2-5-16(12)22(20,21)18-10-14-6-7-19(11-14)15-3-4-15/h2,5,8,14-15,18H,3-4,6-7,10-11H2,1H3/t14-/m0/s1. The van der Waals surface area contributed by atoms with Gasteiger partial charge < -0.3 is 4.90 Å². The third-order valence-corrected chi connectivity index (χ3v) is 6.12. The maximum atomic E-state index is 12.4. The van der Waals surface area contributed by atoms with Crippen molar-refractivity contribution in [2.75, 3.05) is 19.6 Å². The lowest BCUT2D eigenvalue weighted by Crippen LogP contribution is -2.31. The van der Waals surface area contributed by atoms with Crippen molar-refractivity contribution in [3.63, 3.8) is 0 Å². The van der Waals surface area contributed by atoms with Crippen molar-refractivity contribution in [3.8, 4) is 6.07 Å². The number of hydrogen-bond donors (Lipinski definition) is 1. The number of rotatable bonds is 5. The summed E-state index contributed by atoms with van der Waals surface area (Å²) in [5.74, 6) is 0.397. The van der Waals surface area contributed by atoms with E-state index in [1.54, 1.807) is 19.1 Å². The van der Waals surface area contributed by atoms with Crippen molar-refractivity contribution in [2.45, 2.75) is 37.1 Å². The molecule has 0 unspecified atom stereocenters. The highest BCUT2D eigenvalue weighted by molar-refractivity contribution is 7.89. The van der Waals surface area contributed by atoms with E-state index in [-0.39, 0.29) is 4.90 Å². The van der Waals surface area contributed by atoms with Gasteiger partial charge in [-0.1, -0.05) is 0 Å². The molecule has 1 saturated carbocycles. The van der Waals surface area contributed by atoms with Crippen molar-refractivity contribution < 1.29 is 8.42 Å². The Balaban J connectivity index is 1.62. The summed E-state index contributed by atoms with van der Waals surface area (Å²) < 4.78 is 27.6. The second-order valence-electron chi connectivity index (χ2n) is 6.32. The molecular weight excluding hydrogens is 298 g/mol. The lowest BCUT2D eigenvalue weighted by molar-refractivity contribution is 0.314. The van der Waals surface area contributed by atoms with E-state index in [0.717, 1.165) is 25.6 Å². The predicted molar refractivity (Wildman–Crippen MR) is 83.8 cm³/mol. The molecule has 1 aromatic rings. The van der Waals surface area contributed by atoms with E-state index in [2.05, 4.69) is 9.62 Å². The molecule has 5 nitrogen and oxygen atoms in total. The van der Waals surface area contributed by atoms with Crippen LogP contribution in [0.4, 0.5) is 0 Å². The minimum Gasteiger partial charge on any atom is -0.300 e. The highest BCUT2D eigenvalue weighted by atomic mass is 32.2. The zero-order valence-corrected chi connectivity index (χ0v) is 13.6. The summed E-state index contributed by atoms with van der Waals surface area (Å²) in [6.45, 7) is 4.30. The third-order valence-electron chi connectivity index (χ3n) is 4.54. The quantitative estimate of drug-likeness (QED) is 0.895. The average Bonchev–Trinajstić information content (AvgIpc) is 3.23. The molecule has 1 aliphatic carbocycles. The van der Waals surface area contributed by atoms with Crippen LogP contribution in [0.15, 0.2) is 23.1 Å². The van der Waals surface area contributed by atoms with Crippen molar-refractivity contribution in [1.29, 1.82) is 5.26 Å². The second-order valence-corrected chi connectivity index (χ2v) is 8.06. The largest absolute Gasteiger partial charge is 0.300 e. The van der Waals surface area contributed by atoms with Crippen LogP contribution in [0.3, 0.4) is 0 Å². The molecule has 2 aliphatic rings. The lowest BCUT2D eigenvalue weighted by atomic mass is 10.1. The maximum Gasteiger partial charge on any atom is 0.240 e. The molecule has 1 aliphatic heterocycles. The fraction of sp³-hybridized carbons (Fsp3) is 0.562. The van der Waals surface area contributed by atoms with Gasteiger partial charge in [0.05, 0.1) is 16.5 Å². The molecule has 1 heterocycles. The Morgan fingerprint density at radius 2 is 2.14 bits per heavy atom. The van der Waals surface area contributed by atoms with Crippen LogP contribution in [-0.4, -0.2) is 39.0 Å². The minimum atomic E-state index is -3.50. The van der Waals surface area contributed by atoms with Crippen LogP contribution in [0, 0.1) is 24.2 Å². The fourth-order valence-electron chi connectivity index (χ4n) is 3.13. The van der Waals surface area contributed by atoms with Crippen LogP contribution < -0.4 is 4.72 Å². The topological polar surface area (TPSA) is 73.2 Å². The molecule has 0 aromatic heterocycles. The van der Waals surface area contributed by atoms with Gasteiger partial charge in [0.2, 0.25) is 10.0 Å². The van der Waals surface area contributed by atoms with E-state index in [0.29, 0.717) is 23.6 Å². The Bertz CT molecular complexity index is 705. The molecule has 0 amide bonds. The Morgan fingerprint density at radius 1 is 1.36 bits per heavy atom. The van der Waals surface area contributed by atoms with Gasteiger partial charge in [0.1, 0.15) is 0 Å². The van der Waals surface area contributed by atoms with E-state index >= 15 is 0 Å². The first-order chi connectivity index (χ1) is 10.5. The molecular formula is C16H21N3O2S. The summed E-state index contributed by atoms with van der Waals surface area (Å²) in [6, 6.07) is 7.45. The van der Waals surface area contributed by atoms with Crippen LogP contribution in [0.5, 0.6) is 0 Å². The lowest BCUT2D eigenvalue weighted by Gasteiger charge is -2.15. The summed E-state index contributed by atoms with van der Waals surface area (Å²) in [6.07, 6.45) is 3.65. The number of nitrogens with one attached hydrogen (secondary N) is 1. The van der Waals surface area contributed by atoms with Gasteiger partial charge in [0, 0.05) is 19.1 Å². The van der Waals surface area contributed by atoms with Crippen molar-refractivity contribution in [1.82, 2.24) is 9.62 Å². The average molecular weight is 319 g/mol. The Hall–Kier alpha value is -1.42. The fourth-order valence-corrected chi connectivity index (χ4v) is 4.47. The molecule has 0 spiro atoms. The van der Waals surface area contributed by atoms with E-state index < -0.39 is 10.0 Å². The smallest absolute Gasteiger partial charge is 0.240 e. The summed E-state index contributed by atoms with van der Waals surface area (Å²) in [5.41, 5.74) is 1.09.